The number of hydrogen-bond acceptors (Lipinski definition) is 5. The van der Waals surface area contributed by atoms with Gasteiger partial charge in [0.2, 0.25) is 0 Å². The fourth-order valence-electron chi connectivity index (χ4n) is 4.37. The molecule has 7 heteroatoms. The SMILES string of the molecule is CC/C=C1/NC(CC2CCCC2)C(=O)N1c1cnn(Cc2c(C)noc2C)c1. The number of aromatic nitrogens is 3. The number of amides is 1. The Kier molecular flexibility index (Phi) is 5.24. The lowest BCUT2D eigenvalue weighted by Crippen LogP contribution is -2.31. The lowest BCUT2D eigenvalue weighted by molar-refractivity contribution is -0.118. The number of carbonyl (C=O) groups is 1. The van der Waals surface area contributed by atoms with Crippen molar-refractivity contribution in [2.75, 3.05) is 4.90 Å². The molecule has 0 bridgehead atoms. The molecule has 1 aliphatic heterocycles. The Balaban J connectivity index is 1.53. The van der Waals surface area contributed by atoms with Crippen molar-refractivity contribution in [3.8, 4) is 0 Å². The summed E-state index contributed by atoms with van der Waals surface area (Å²) in [5.41, 5.74) is 2.71. The highest BCUT2D eigenvalue weighted by atomic mass is 16.5. The standard InChI is InChI=1S/C21H29N5O2/c1-4-7-20-23-19(10-16-8-5-6-9-16)21(27)26(20)17-11-22-25(12-17)13-18-14(2)24-28-15(18)3/h7,11-12,16,19,23H,4-6,8-10,13H2,1-3H3/b20-7-. The van der Waals surface area contributed by atoms with Gasteiger partial charge in [-0.2, -0.15) is 5.10 Å². The highest BCUT2D eigenvalue weighted by Gasteiger charge is 2.38. The molecule has 1 saturated heterocycles. The third kappa shape index (κ3) is 3.57. The zero-order chi connectivity index (χ0) is 19.7. The first kappa shape index (κ1) is 18.8. The minimum Gasteiger partial charge on any atom is -0.361 e. The van der Waals surface area contributed by atoms with Crippen LogP contribution in [0.3, 0.4) is 0 Å². The van der Waals surface area contributed by atoms with Crippen LogP contribution in [0.25, 0.3) is 0 Å². The van der Waals surface area contributed by atoms with Gasteiger partial charge in [-0.15, -0.1) is 0 Å². The van der Waals surface area contributed by atoms with Crippen molar-refractivity contribution in [3.63, 3.8) is 0 Å². The summed E-state index contributed by atoms with van der Waals surface area (Å²) in [6.07, 6.45) is 12.6. The summed E-state index contributed by atoms with van der Waals surface area (Å²) in [5.74, 6) is 2.47. The number of allylic oxidation sites excluding steroid dienone is 1. The van der Waals surface area contributed by atoms with E-state index in [4.69, 9.17) is 4.52 Å². The second-order valence-corrected chi connectivity index (χ2v) is 7.95. The average Bonchev–Trinajstić information content (AvgIpc) is 3.44. The van der Waals surface area contributed by atoms with E-state index in [-0.39, 0.29) is 11.9 Å². The molecule has 1 aliphatic carbocycles. The Hall–Kier alpha value is -2.57. The molecule has 0 spiro atoms. The highest BCUT2D eigenvalue weighted by molar-refractivity contribution is 6.02. The Labute approximate surface area is 165 Å². The molecule has 7 nitrogen and oxygen atoms in total. The fourth-order valence-corrected chi connectivity index (χ4v) is 4.37. The zero-order valence-electron chi connectivity index (χ0n) is 16.9. The van der Waals surface area contributed by atoms with E-state index in [1.807, 2.05) is 24.7 Å². The number of hydrogen-bond donors (Lipinski definition) is 1. The van der Waals surface area contributed by atoms with Crippen molar-refractivity contribution < 1.29 is 9.32 Å². The maximum Gasteiger partial charge on any atom is 0.255 e. The van der Waals surface area contributed by atoms with Crippen LogP contribution in [-0.2, 0) is 11.3 Å². The molecule has 3 heterocycles. The summed E-state index contributed by atoms with van der Waals surface area (Å²) in [6, 6.07) is -0.133. The van der Waals surface area contributed by atoms with Gasteiger partial charge < -0.3 is 9.84 Å². The number of aryl methyl sites for hydroxylation is 2. The Bertz CT molecular complexity index is 856. The fraction of sp³-hybridized carbons (Fsp3) is 0.571. The molecular formula is C21H29N5O2. The molecule has 1 atom stereocenters. The van der Waals surface area contributed by atoms with E-state index >= 15 is 0 Å². The van der Waals surface area contributed by atoms with Gasteiger partial charge in [0.15, 0.2) is 0 Å². The van der Waals surface area contributed by atoms with Gasteiger partial charge in [-0.3, -0.25) is 14.4 Å². The van der Waals surface area contributed by atoms with Crippen molar-refractivity contribution in [2.24, 2.45) is 5.92 Å². The lowest BCUT2D eigenvalue weighted by Gasteiger charge is -2.15. The Morgan fingerprint density at radius 1 is 1.32 bits per heavy atom. The molecule has 28 heavy (non-hydrogen) atoms. The molecule has 2 aromatic heterocycles. The molecule has 2 aromatic rings. The topological polar surface area (TPSA) is 76.2 Å². The highest BCUT2D eigenvalue weighted by Crippen LogP contribution is 2.32. The van der Waals surface area contributed by atoms with Crippen molar-refractivity contribution in [2.45, 2.75) is 71.9 Å². The number of rotatable bonds is 6. The van der Waals surface area contributed by atoms with E-state index in [1.54, 1.807) is 11.1 Å². The Morgan fingerprint density at radius 2 is 2.11 bits per heavy atom. The summed E-state index contributed by atoms with van der Waals surface area (Å²) < 4.78 is 7.08. The van der Waals surface area contributed by atoms with E-state index in [0.29, 0.717) is 12.5 Å². The van der Waals surface area contributed by atoms with E-state index in [0.717, 1.165) is 41.4 Å². The first-order chi connectivity index (χ1) is 13.6. The smallest absolute Gasteiger partial charge is 0.255 e. The molecule has 2 aliphatic rings. The zero-order valence-corrected chi connectivity index (χ0v) is 16.9. The van der Waals surface area contributed by atoms with Crippen LogP contribution in [-0.4, -0.2) is 26.9 Å². The minimum atomic E-state index is -0.133. The largest absolute Gasteiger partial charge is 0.361 e. The second-order valence-electron chi connectivity index (χ2n) is 7.95. The maximum absolute atomic E-state index is 13.2. The molecule has 1 saturated carbocycles. The van der Waals surface area contributed by atoms with Gasteiger partial charge in [-0.1, -0.05) is 37.8 Å². The molecule has 1 amide bonds. The normalized spacial score (nSPS) is 21.8. The molecule has 2 fully saturated rings. The van der Waals surface area contributed by atoms with E-state index < -0.39 is 0 Å². The van der Waals surface area contributed by atoms with Crippen LogP contribution in [0.5, 0.6) is 0 Å². The molecule has 1 unspecified atom stereocenters. The Morgan fingerprint density at radius 3 is 2.79 bits per heavy atom. The van der Waals surface area contributed by atoms with E-state index in [2.05, 4.69) is 28.6 Å². The van der Waals surface area contributed by atoms with Crippen molar-refractivity contribution >= 4 is 11.6 Å². The van der Waals surface area contributed by atoms with Crippen molar-refractivity contribution in [1.29, 1.82) is 0 Å². The molecule has 1 N–H and O–H groups in total. The monoisotopic (exact) mass is 383 g/mol. The predicted octanol–water partition coefficient (Wildman–Crippen LogP) is 3.67. The quantitative estimate of drug-likeness (QED) is 0.824. The van der Waals surface area contributed by atoms with Gasteiger partial charge in [-0.05, 0) is 38.7 Å². The summed E-state index contributed by atoms with van der Waals surface area (Å²) in [6.45, 7) is 6.50. The van der Waals surface area contributed by atoms with Gasteiger partial charge in [0.1, 0.15) is 17.6 Å². The first-order valence-corrected chi connectivity index (χ1v) is 10.3. The number of carbonyl (C=O) groups excluding carboxylic acids is 1. The van der Waals surface area contributed by atoms with Gasteiger partial charge in [0.05, 0.1) is 24.1 Å². The predicted molar refractivity (Wildman–Crippen MR) is 107 cm³/mol. The number of anilines is 1. The van der Waals surface area contributed by atoms with Crippen LogP contribution in [0.1, 0.15) is 62.5 Å². The first-order valence-electron chi connectivity index (χ1n) is 10.3. The van der Waals surface area contributed by atoms with E-state index in [1.165, 1.54) is 25.7 Å². The molecule has 150 valence electrons. The summed E-state index contributed by atoms with van der Waals surface area (Å²) in [7, 11) is 0. The van der Waals surface area contributed by atoms with E-state index in [9.17, 15) is 4.79 Å². The van der Waals surface area contributed by atoms with Crippen molar-refractivity contribution in [1.82, 2.24) is 20.3 Å². The minimum absolute atomic E-state index is 0.128. The second kappa shape index (κ2) is 7.81. The molecular weight excluding hydrogens is 354 g/mol. The third-order valence-electron chi connectivity index (χ3n) is 5.90. The van der Waals surface area contributed by atoms with Crippen LogP contribution >= 0.6 is 0 Å². The summed E-state index contributed by atoms with van der Waals surface area (Å²) in [5, 5.41) is 11.9. The molecule has 0 aromatic carbocycles. The van der Waals surface area contributed by atoms with Gasteiger partial charge in [0.25, 0.3) is 5.91 Å². The van der Waals surface area contributed by atoms with Crippen LogP contribution < -0.4 is 10.2 Å². The van der Waals surface area contributed by atoms with Crippen LogP contribution in [0.2, 0.25) is 0 Å². The van der Waals surface area contributed by atoms with Gasteiger partial charge >= 0.3 is 0 Å². The summed E-state index contributed by atoms with van der Waals surface area (Å²) in [4.78, 5) is 15.0. The van der Waals surface area contributed by atoms with Crippen LogP contribution in [0.4, 0.5) is 5.69 Å². The molecule has 4 rings (SSSR count). The number of nitrogens with zero attached hydrogens (tertiary/aromatic N) is 4. The van der Waals surface area contributed by atoms with Crippen molar-refractivity contribution in [3.05, 3.63) is 41.3 Å². The van der Waals surface area contributed by atoms with Crippen LogP contribution in [0, 0.1) is 19.8 Å². The third-order valence-corrected chi connectivity index (χ3v) is 5.90. The summed E-state index contributed by atoms with van der Waals surface area (Å²) >= 11 is 0. The van der Waals surface area contributed by atoms with Gasteiger partial charge in [0, 0.05) is 11.8 Å². The maximum atomic E-state index is 13.2. The van der Waals surface area contributed by atoms with Crippen LogP contribution in [0.15, 0.2) is 28.8 Å². The average molecular weight is 383 g/mol. The lowest BCUT2D eigenvalue weighted by atomic mass is 9.98. The van der Waals surface area contributed by atoms with Gasteiger partial charge in [-0.25, -0.2) is 0 Å². The number of nitrogens with one attached hydrogen (secondary N) is 1. The molecule has 0 radical (unpaired) electrons.